The Bertz CT molecular complexity index is 531. The number of nitrogens with one attached hydrogen (secondary N) is 1. The molecule has 0 unspecified atom stereocenters. The first-order valence-electron chi connectivity index (χ1n) is 4.65. The van der Waals surface area contributed by atoms with Gasteiger partial charge < -0.3 is 10.7 Å². The number of aryl methyl sites for hydroxylation is 1. The van der Waals surface area contributed by atoms with Crippen LogP contribution in [0.3, 0.4) is 0 Å². The van der Waals surface area contributed by atoms with Crippen molar-refractivity contribution in [1.82, 2.24) is 4.98 Å². The van der Waals surface area contributed by atoms with Crippen molar-refractivity contribution in [1.29, 1.82) is 0 Å². The van der Waals surface area contributed by atoms with Crippen LogP contribution < -0.4 is 5.73 Å². The molecule has 0 saturated heterocycles. The second-order valence-electron chi connectivity index (χ2n) is 3.41. The summed E-state index contributed by atoms with van der Waals surface area (Å²) in [6, 6.07) is 5.87. The van der Waals surface area contributed by atoms with Crippen molar-refractivity contribution in [3.63, 3.8) is 0 Å². The van der Waals surface area contributed by atoms with Crippen LogP contribution in [-0.2, 0) is 0 Å². The molecule has 4 heteroatoms. The number of nitrogens with two attached hydrogens (primary N) is 1. The van der Waals surface area contributed by atoms with E-state index in [0.717, 1.165) is 20.9 Å². The van der Waals surface area contributed by atoms with Gasteiger partial charge >= 0.3 is 0 Å². The molecule has 3 N–H and O–H groups in total. The largest absolute Gasteiger partial charge is 0.351 e. The Morgan fingerprint density at radius 3 is 2.87 bits per heavy atom. The summed E-state index contributed by atoms with van der Waals surface area (Å²) in [5, 5.41) is 1.06. The third kappa shape index (κ3) is 1.60. The summed E-state index contributed by atoms with van der Waals surface area (Å²) in [4.78, 5) is 14.7. The highest BCUT2D eigenvalue weighted by Gasteiger charge is 2.14. The fourth-order valence-corrected chi connectivity index (χ4v) is 2.16. The number of Topliss-reactive ketones (excluding diaryl/α,β-unsaturated/α-hetero) is 1. The lowest BCUT2D eigenvalue weighted by Gasteiger charge is -1.94. The number of H-pyrrole nitrogens is 1. The predicted molar refractivity (Wildman–Crippen MR) is 64.1 cm³/mol. The number of aromatic nitrogens is 1. The van der Waals surface area contributed by atoms with E-state index in [4.69, 9.17) is 5.73 Å². The topological polar surface area (TPSA) is 58.9 Å². The number of carbonyl (C=O) groups is 1. The Hall–Kier alpha value is -1.13. The lowest BCUT2D eigenvalue weighted by Crippen LogP contribution is -2.14. The zero-order valence-corrected chi connectivity index (χ0v) is 9.89. The van der Waals surface area contributed by atoms with Crippen molar-refractivity contribution in [3.8, 4) is 0 Å². The molecule has 0 amide bonds. The molecule has 0 fully saturated rings. The third-order valence-electron chi connectivity index (χ3n) is 2.51. The molecule has 2 aromatic rings. The summed E-state index contributed by atoms with van der Waals surface area (Å²) >= 11 is 3.44. The van der Waals surface area contributed by atoms with Crippen molar-refractivity contribution in [3.05, 3.63) is 33.9 Å². The van der Waals surface area contributed by atoms with E-state index in [-0.39, 0.29) is 12.3 Å². The summed E-state index contributed by atoms with van der Waals surface area (Å²) < 4.78 is 0.958. The number of hydrogen-bond donors (Lipinski definition) is 2. The Morgan fingerprint density at radius 2 is 2.27 bits per heavy atom. The van der Waals surface area contributed by atoms with Gasteiger partial charge in [-0.1, -0.05) is 12.1 Å². The van der Waals surface area contributed by atoms with E-state index in [0.29, 0.717) is 5.69 Å². The molecular weight excluding hydrogens is 256 g/mol. The van der Waals surface area contributed by atoms with Crippen molar-refractivity contribution >= 4 is 32.6 Å². The Labute approximate surface area is 95.8 Å². The summed E-state index contributed by atoms with van der Waals surface area (Å²) in [5.41, 5.74) is 7.87. The van der Waals surface area contributed by atoms with Crippen LogP contribution in [0, 0.1) is 6.92 Å². The molecule has 1 aromatic carbocycles. The summed E-state index contributed by atoms with van der Waals surface area (Å²) in [6.07, 6.45) is 0. The average molecular weight is 267 g/mol. The van der Waals surface area contributed by atoms with Crippen molar-refractivity contribution in [2.75, 3.05) is 6.54 Å². The maximum absolute atomic E-state index is 11.5. The SMILES string of the molecule is Cc1c(C(=O)CN)[nH]c2c(Br)cccc12. The lowest BCUT2D eigenvalue weighted by molar-refractivity contribution is 0.0997. The molecule has 1 heterocycles. The van der Waals surface area contributed by atoms with Gasteiger partial charge in [-0.25, -0.2) is 0 Å². The maximum Gasteiger partial charge on any atom is 0.192 e. The van der Waals surface area contributed by atoms with Gasteiger partial charge in [-0.15, -0.1) is 0 Å². The Morgan fingerprint density at radius 1 is 1.53 bits per heavy atom. The quantitative estimate of drug-likeness (QED) is 0.821. The minimum absolute atomic E-state index is 0.0330. The smallest absolute Gasteiger partial charge is 0.192 e. The molecule has 15 heavy (non-hydrogen) atoms. The molecule has 0 radical (unpaired) electrons. The molecule has 0 bridgehead atoms. The second-order valence-corrected chi connectivity index (χ2v) is 4.27. The number of fused-ring (bicyclic) bond motifs is 1. The molecule has 0 atom stereocenters. The maximum atomic E-state index is 11.5. The molecule has 2 rings (SSSR count). The van der Waals surface area contributed by atoms with Crippen molar-refractivity contribution in [2.24, 2.45) is 5.73 Å². The van der Waals surface area contributed by atoms with E-state index in [2.05, 4.69) is 20.9 Å². The number of rotatable bonds is 2. The number of ketones is 1. The minimum atomic E-state index is -0.0596. The van der Waals surface area contributed by atoms with Crippen LogP contribution >= 0.6 is 15.9 Å². The first-order valence-corrected chi connectivity index (χ1v) is 5.44. The van der Waals surface area contributed by atoms with Gasteiger partial charge in [-0.3, -0.25) is 4.79 Å². The highest BCUT2D eigenvalue weighted by molar-refractivity contribution is 9.10. The summed E-state index contributed by atoms with van der Waals surface area (Å²) in [7, 11) is 0. The van der Waals surface area contributed by atoms with Gasteiger partial charge in [0.15, 0.2) is 5.78 Å². The fourth-order valence-electron chi connectivity index (χ4n) is 1.70. The van der Waals surface area contributed by atoms with Crippen LogP contribution in [0.4, 0.5) is 0 Å². The first kappa shape index (κ1) is 10.4. The zero-order chi connectivity index (χ0) is 11.0. The van der Waals surface area contributed by atoms with Gasteiger partial charge in [0.05, 0.1) is 17.8 Å². The first-order chi connectivity index (χ1) is 7.15. The van der Waals surface area contributed by atoms with Crippen LogP contribution in [0.15, 0.2) is 22.7 Å². The molecule has 1 aromatic heterocycles. The van der Waals surface area contributed by atoms with E-state index in [1.807, 2.05) is 25.1 Å². The van der Waals surface area contributed by atoms with Crippen LogP contribution in [0.2, 0.25) is 0 Å². The Kier molecular flexibility index (Phi) is 2.63. The van der Waals surface area contributed by atoms with Gasteiger partial charge in [-0.05, 0) is 34.5 Å². The van der Waals surface area contributed by atoms with E-state index < -0.39 is 0 Å². The van der Waals surface area contributed by atoms with Gasteiger partial charge in [0, 0.05) is 9.86 Å². The molecule has 3 nitrogen and oxygen atoms in total. The number of para-hydroxylation sites is 1. The summed E-state index contributed by atoms with van der Waals surface area (Å²) in [6.45, 7) is 1.96. The molecule has 0 aliphatic heterocycles. The van der Waals surface area contributed by atoms with Crippen molar-refractivity contribution in [2.45, 2.75) is 6.92 Å². The van der Waals surface area contributed by atoms with Crippen molar-refractivity contribution < 1.29 is 4.79 Å². The molecule has 0 aliphatic rings. The van der Waals surface area contributed by atoms with Crippen LogP contribution in [0.1, 0.15) is 16.1 Å². The van der Waals surface area contributed by atoms with Crippen LogP contribution in [-0.4, -0.2) is 17.3 Å². The molecule has 78 valence electrons. The third-order valence-corrected chi connectivity index (χ3v) is 3.17. The normalized spacial score (nSPS) is 10.9. The number of benzene rings is 1. The lowest BCUT2D eigenvalue weighted by atomic mass is 10.1. The highest BCUT2D eigenvalue weighted by Crippen LogP contribution is 2.27. The number of aromatic amines is 1. The monoisotopic (exact) mass is 266 g/mol. The Balaban J connectivity index is 2.75. The number of hydrogen-bond acceptors (Lipinski definition) is 2. The van der Waals surface area contributed by atoms with E-state index in [9.17, 15) is 4.79 Å². The molecule has 0 saturated carbocycles. The fraction of sp³-hybridized carbons (Fsp3) is 0.182. The highest BCUT2D eigenvalue weighted by atomic mass is 79.9. The van der Waals surface area contributed by atoms with Gasteiger partial charge in [-0.2, -0.15) is 0 Å². The average Bonchev–Trinajstić information content (AvgIpc) is 2.57. The van der Waals surface area contributed by atoms with Crippen LogP contribution in [0.5, 0.6) is 0 Å². The molecular formula is C11H11BrN2O. The van der Waals surface area contributed by atoms with E-state index in [1.165, 1.54) is 0 Å². The zero-order valence-electron chi connectivity index (χ0n) is 8.30. The van der Waals surface area contributed by atoms with Gasteiger partial charge in [0.1, 0.15) is 0 Å². The predicted octanol–water partition coefficient (Wildman–Crippen LogP) is 2.38. The number of halogens is 1. The molecule has 0 aliphatic carbocycles. The minimum Gasteiger partial charge on any atom is -0.351 e. The second kappa shape index (κ2) is 3.79. The van der Waals surface area contributed by atoms with Gasteiger partial charge in [0.25, 0.3) is 0 Å². The standard InChI is InChI=1S/C11H11BrN2O/c1-6-7-3-2-4-8(12)11(7)14-10(6)9(15)5-13/h2-4,14H,5,13H2,1H3. The number of carbonyl (C=O) groups excluding carboxylic acids is 1. The molecule has 0 spiro atoms. The van der Waals surface area contributed by atoms with E-state index in [1.54, 1.807) is 0 Å². The summed E-state index contributed by atoms with van der Waals surface area (Å²) in [5.74, 6) is -0.0596. The van der Waals surface area contributed by atoms with Gasteiger partial charge in [0.2, 0.25) is 0 Å². The van der Waals surface area contributed by atoms with Crippen LogP contribution in [0.25, 0.3) is 10.9 Å². The van der Waals surface area contributed by atoms with E-state index >= 15 is 0 Å².